The summed E-state index contributed by atoms with van der Waals surface area (Å²) in [6, 6.07) is 7.44. The predicted molar refractivity (Wildman–Crippen MR) is 100 cm³/mol. The Kier molecular flexibility index (Phi) is 6.06. The molecular formula is C15H9F3I2N2O2. The van der Waals surface area contributed by atoms with Crippen LogP contribution in [0.15, 0.2) is 41.5 Å². The van der Waals surface area contributed by atoms with E-state index in [-0.39, 0.29) is 11.3 Å². The summed E-state index contributed by atoms with van der Waals surface area (Å²) in [6.07, 6.45) is -3.30. The molecule has 1 amide bonds. The average Bonchev–Trinajstić information content (AvgIpc) is 2.51. The highest BCUT2D eigenvalue weighted by Crippen LogP contribution is 2.29. The van der Waals surface area contributed by atoms with Gasteiger partial charge in [0.1, 0.15) is 5.75 Å². The van der Waals surface area contributed by atoms with Crippen LogP contribution in [0, 0.1) is 7.14 Å². The third-order valence-corrected chi connectivity index (χ3v) is 4.32. The van der Waals surface area contributed by atoms with Crippen molar-refractivity contribution >= 4 is 57.3 Å². The maximum Gasteiger partial charge on any atom is 0.416 e. The first-order valence-electron chi connectivity index (χ1n) is 6.37. The summed E-state index contributed by atoms with van der Waals surface area (Å²) >= 11 is 4.01. The molecule has 0 unspecified atom stereocenters. The quantitative estimate of drug-likeness (QED) is 0.333. The zero-order valence-electron chi connectivity index (χ0n) is 11.7. The minimum absolute atomic E-state index is 0.00748. The molecule has 0 aliphatic carbocycles. The van der Waals surface area contributed by atoms with E-state index in [9.17, 15) is 23.1 Å². The van der Waals surface area contributed by atoms with Crippen molar-refractivity contribution in [1.82, 2.24) is 5.43 Å². The molecule has 2 aromatic rings. The maximum absolute atomic E-state index is 12.6. The Balaban J connectivity index is 2.14. The number of alkyl halides is 3. The van der Waals surface area contributed by atoms with Gasteiger partial charge in [-0.25, -0.2) is 5.43 Å². The molecule has 126 valence electrons. The van der Waals surface area contributed by atoms with Crippen LogP contribution in [0.5, 0.6) is 5.75 Å². The average molecular weight is 560 g/mol. The van der Waals surface area contributed by atoms with Crippen LogP contribution in [0.3, 0.4) is 0 Å². The van der Waals surface area contributed by atoms with Crippen molar-refractivity contribution in [2.45, 2.75) is 6.18 Å². The first-order valence-corrected chi connectivity index (χ1v) is 8.53. The van der Waals surface area contributed by atoms with Gasteiger partial charge in [-0.3, -0.25) is 4.79 Å². The van der Waals surface area contributed by atoms with Gasteiger partial charge in [0.15, 0.2) is 0 Å². The Morgan fingerprint density at radius 1 is 1.21 bits per heavy atom. The Morgan fingerprint density at radius 2 is 1.92 bits per heavy atom. The lowest BCUT2D eigenvalue weighted by Gasteiger charge is -2.07. The minimum Gasteiger partial charge on any atom is -0.506 e. The van der Waals surface area contributed by atoms with Crippen LogP contribution >= 0.6 is 45.2 Å². The Morgan fingerprint density at radius 3 is 2.58 bits per heavy atom. The standard InChI is InChI=1S/C15H9F3I2N2O2/c16-15(17,18)10-3-1-2-8(4-10)14(24)22-21-7-9-5-11(19)6-12(20)13(9)23/h1-7,23H,(H,22,24)/b21-7-. The number of amides is 1. The lowest BCUT2D eigenvalue weighted by molar-refractivity contribution is -0.137. The van der Waals surface area contributed by atoms with Gasteiger partial charge in [0.2, 0.25) is 0 Å². The highest BCUT2D eigenvalue weighted by Gasteiger charge is 2.30. The van der Waals surface area contributed by atoms with Gasteiger partial charge in [-0.15, -0.1) is 0 Å². The smallest absolute Gasteiger partial charge is 0.416 e. The number of halogens is 5. The zero-order chi connectivity index (χ0) is 17.9. The van der Waals surface area contributed by atoms with Gasteiger partial charge in [-0.1, -0.05) is 6.07 Å². The number of phenols is 1. The predicted octanol–water partition coefficient (Wildman–Crippen LogP) is 4.38. The summed E-state index contributed by atoms with van der Waals surface area (Å²) in [4.78, 5) is 11.9. The van der Waals surface area contributed by atoms with Crippen LogP contribution < -0.4 is 5.43 Å². The molecule has 0 atom stereocenters. The van der Waals surface area contributed by atoms with Crippen molar-refractivity contribution in [2.24, 2.45) is 5.10 Å². The Bertz CT molecular complexity index is 808. The van der Waals surface area contributed by atoms with Crippen molar-refractivity contribution in [3.05, 3.63) is 60.2 Å². The summed E-state index contributed by atoms with van der Waals surface area (Å²) in [6.45, 7) is 0. The number of hydrogen-bond donors (Lipinski definition) is 2. The molecule has 0 aromatic heterocycles. The number of hydrogen-bond acceptors (Lipinski definition) is 3. The molecular weight excluding hydrogens is 551 g/mol. The zero-order valence-corrected chi connectivity index (χ0v) is 16.0. The number of rotatable bonds is 3. The third-order valence-electron chi connectivity index (χ3n) is 2.88. The summed E-state index contributed by atoms with van der Waals surface area (Å²) < 4.78 is 39.4. The number of aromatic hydroxyl groups is 1. The maximum atomic E-state index is 12.6. The number of nitrogens with zero attached hydrogens (tertiary/aromatic N) is 1. The van der Waals surface area contributed by atoms with Gasteiger partial charge in [0.05, 0.1) is 15.3 Å². The molecule has 0 aliphatic heterocycles. The fraction of sp³-hybridized carbons (Fsp3) is 0.0667. The second-order valence-corrected chi connectivity index (χ2v) is 7.01. The largest absolute Gasteiger partial charge is 0.506 e. The van der Waals surface area contributed by atoms with Crippen LogP contribution in [-0.2, 0) is 6.18 Å². The molecule has 0 heterocycles. The topological polar surface area (TPSA) is 61.7 Å². The molecule has 0 aliphatic rings. The van der Waals surface area contributed by atoms with Gasteiger partial charge in [0.25, 0.3) is 5.91 Å². The van der Waals surface area contributed by atoms with Gasteiger partial charge in [0, 0.05) is 14.7 Å². The second-order valence-electron chi connectivity index (χ2n) is 4.60. The highest BCUT2D eigenvalue weighted by atomic mass is 127. The number of hydrazone groups is 1. The van der Waals surface area contributed by atoms with Gasteiger partial charge < -0.3 is 5.11 Å². The van der Waals surface area contributed by atoms with Crippen molar-refractivity contribution in [3.8, 4) is 5.75 Å². The summed E-state index contributed by atoms with van der Waals surface area (Å²) in [5.74, 6) is -0.773. The Labute approximate surface area is 162 Å². The SMILES string of the molecule is O=C(N/N=C\c1cc(I)cc(I)c1O)c1cccc(C(F)(F)F)c1. The van der Waals surface area contributed by atoms with Crippen molar-refractivity contribution in [1.29, 1.82) is 0 Å². The molecule has 24 heavy (non-hydrogen) atoms. The number of carbonyl (C=O) groups excluding carboxylic acids is 1. The van der Waals surface area contributed by atoms with Crippen LogP contribution in [0.25, 0.3) is 0 Å². The number of carbonyl (C=O) groups is 1. The molecule has 0 spiro atoms. The van der Waals surface area contributed by atoms with Crippen molar-refractivity contribution in [3.63, 3.8) is 0 Å². The van der Waals surface area contributed by atoms with E-state index < -0.39 is 17.6 Å². The lowest BCUT2D eigenvalue weighted by Crippen LogP contribution is -2.18. The van der Waals surface area contributed by atoms with Crippen LogP contribution in [-0.4, -0.2) is 17.2 Å². The van der Waals surface area contributed by atoms with Gasteiger partial charge in [-0.05, 0) is 75.5 Å². The van der Waals surface area contributed by atoms with E-state index >= 15 is 0 Å². The summed E-state index contributed by atoms with van der Waals surface area (Å²) in [7, 11) is 0. The van der Waals surface area contributed by atoms with E-state index in [2.05, 4.69) is 33.1 Å². The normalized spacial score (nSPS) is 11.7. The second kappa shape index (κ2) is 7.68. The van der Waals surface area contributed by atoms with E-state index in [4.69, 9.17) is 0 Å². The number of benzene rings is 2. The molecule has 0 fully saturated rings. The van der Waals surface area contributed by atoms with E-state index in [0.717, 1.165) is 21.8 Å². The first kappa shape index (κ1) is 19.0. The fourth-order valence-corrected chi connectivity index (χ4v) is 3.64. The van der Waals surface area contributed by atoms with Crippen molar-refractivity contribution < 1.29 is 23.1 Å². The molecule has 2 N–H and O–H groups in total. The van der Waals surface area contributed by atoms with Crippen LogP contribution in [0.4, 0.5) is 13.2 Å². The summed E-state index contributed by atoms with van der Waals surface area (Å²) in [5.41, 5.74) is 1.45. The van der Waals surface area contributed by atoms with Gasteiger partial charge in [-0.2, -0.15) is 18.3 Å². The molecule has 4 nitrogen and oxygen atoms in total. The minimum atomic E-state index is -4.53. The highest BCUT2D eigenvalue weighted by molar-refractivity contribution is 14.1. The number of phenolic OH excluding ortho intramolecular Hbond substituents is 1. The fourth-order valence-electron chi connectivity index (χ4n) is 1.75. The monoisotopic (exact) mass is 560 g/mol. The van der Waals surface area contributed by atoms with E-state index in [0.29, 0.717) is 9.13 Å². The summed E-state index contributed by atoms with van der Waals surface area (Å²) in [5, 5.41) is 13.6. The molecule has 9 heteroatoms. The van der Waals surface area contributed by atoms with Crippen molar-refractivity contribution in [2.75, 3.05) is 0 Å². The van der Waals surface area contributed by atoms with E-state index in [1.165, 1.54) is 12.3 Å². The molecule has 0 saturated heterocycles. The van der Waals surface area contributed by atoms with Crippen LogP contribution in [0.1, 0.15) is 21.5 Å². The molecule has 0 radical (unpaired) electrons. The third kappa shape index (κ3) is 4.82. The molecule has 2 aromatic carbocycles. The molecule has 0 saturated carbocycles. The van der Waals surface area contributed by atoms with E-state index in [1.807, 2.05) is 22.6 Å². The number of nitrogens with one attached hydrogen (secondary N) is 1. The van der Waals surface area contributed by atoms with Crippen LogP contribution in [0.2, 0.25) is 0 Å². The van der Waals surface area contributed by atoms with Gasteiger partial charge >= 0.3 is 6.18 Å². The lowest BCUT2D eigenvalue weighted by atomic mass is 10.1. The molecule has 2 rings (SSSR count). The Hall–Kier alpha value is -1.37. The molecule has 0 bridgehead atoms. The first-order chi connectivity index (χ1) is 11.2. The van der Waals surface area contributed by atoms with E-state index in [1.54, 1.807) is 12.1 Å².